The second-order valence-electron chi connectivity index (χ2n) is 7.43. The van der Waals surface area contributed by atoms with Gasteiger partial charge in [-0.2, -0.15) is 0 Å². The molecule has 1 fully saturated rings. The van der Waals surface area contributed by atoms with Crippen molar-refractivity contribution in [2.75, 3.05) is 0 Å². The van der Waals surface area contributed by atoms with E-state index in [0.717, 1.165) is 12.8 Å². The molecule has 0 amide bonds. The molecular formula is C22H24O. The molecule has 23 heavy (non-hydrogen) atoms. The topological polar surface area (TPSA) is 20.2 Å². The minimum absolute atomic E-state index is 0.252. The van der Waals surface area contributed by atoms with Crippen LogP contribution in [0.5, 0.6) is 5.75 Å². The average Bonchev–Trinajstić information content (AvgIpc) is 2.89. The van der Waals surface area contributed by atoms with Crippen molar-refractivity contribution < 1.29 is 5.11 Å². The minimum Gasteiger partial charge on any atom is -0.508 e. The lowest BCUT2D eigenvalue weighted by molar-refractivity contribution is 0.117. The minimum atomic E-state index is 0.252. The van der Waals surface area contributed by atoms with Crippen LogP contribution in [0, 0.1) is 29.1 Å². The number of benzene rings is 1. The molecule has 1 aromatic carbocycles. The van der Waals surface area contributed by atoms with Gasteiger partial charge in [0, 0.05) is 17.4 Å². The highest BCUT2D eigenvalue weighted by Gasteiger charge is 2.50. The fraction of sp³-hybridized carbons (Fsp3) is 0.455. The normalized spacial score (nSPS) is 33.8. The number of phenols is 1. The molecule has 0 heterocycles. The van der Waals surface area contributed by atoms with Crippen molar-refractivity contribution >= 4 is 6.08 Å². The highest BCUT2D eigenvalue weighted by atomic mass is 16.3. The van der Waals surface area contributed by atoms with Gasteiger partial charge in [0.25, 0.3) is 0 Å². The first-order chi connectivity index (χ1) is 11.1. The summed E-state index contributed by atoms with van der Waals surface area (Å²) in [5.74, 6) is 8.96. The standard InChI is InChI=1S/C22H24O/c1-3-4-5-16-7-11-21-20-9-6-15-14-17(23)8-10-18(15)19(20)12-13-22(16,21)2/h6-10,14,19-21,23H,3,11-13H2,1-2H3/t19-,20-,21+,22-/m1/s1. The Morgan fingerprint density at radius 2 is 2.22 bits per heavy atom. The summed E-state index contributed by atoms with van der Waals surface area (Å²) in [7, 11) is 0. The van der Waals surface area contributed by atoms with E-state index in [1.165, 1.54) is 29.5 Å². The van der Waals surface area contributed by atoms with Crippen LogP contribution in [0.1, 0.15) is 56.6 Å². The first-order valence-electron chi connectivity index (χ1n) is 8.84. The third-order valence-electron chi connectivity index (χ3n) is 6.28. The van der Waals surface area contributed by atoms with Gasteiger partial charge in [-0.3, -0.25) is 0 Å². The van der Waals surface area contributed by atoms with Crippen LogP contribution in [0.2, 0.25) is 0 Å². The van der Waals surface area contributed by atoms with Gasteiger partial charge in [-0.1, -0.05) is 50.0 Å². The quantitative estimate of drug-likeness (QED) is 0.647. The first kappa shape index (κ1) is 14.6. The van der Waals surface area contributed by atoms with E-state index in [4.69, 9.17) is 0 Å². The van der Waals surface area contributed by atoms with E-state index in [0.29, 0.717) is 23.5 Å². The van der Waals surface area contributed by atoms with Gasteiger partial charge < -0.3 is 5.11 Å². The van der Waals surface area contributed by atoms with Crippen molar-refractivity contribution in [2.24, 2.45) is 17.3 Å². The molecule has 0 unspecified atom stereocenters. The number of hydrogen-bond donors (Lipinski definition) is 1. The molecule has 3 aliphatic rings. The monoisotopic (exact) mass is 304 g/mol. The van der Waals surface area contributed by atoms with Crippen molar-refractivity contribution in [3.63, 3.8) is 0 Å². The largest absolute Gasteiger partial charge is 0.508 e. The Morgan fingerprint density at radius 3 is 3.04 bits per heavy atom. The van der Waals surface area contributed by atoms with Gasteiger partial charge in [0.15, 0.2) is 0 Å². The Morgan fingerprint density at radius 1 is 1.35 bits per heavy atom. The predicted octanol–water partition coefficient (Wildman–Crippen LogP) is 5.28. The molecule has 4 rings (SSSR count). The Labute approximate surface area is 139 Å². The predicted molar refractivity (Wildman–Crippen MR) is 95.0 cm³/mol. The molecule has 0 saturated heterocycles. The SMILES string of the molecule is CCC#CC1=CC[C@H]2[C@@H]3C=Cc4cc(O)ccc4[C@H]3CC[C@]12C. The second-order valence-corrected chi connectivity index (χ2v) is 7.43. The van der Waals surface area contributed by atoms with Gasteiger partial charge >= 0.3 is 0 Å². The zero-order valence-electron chi connectivity index (χ0n) is 14.0. The smallest absolute Gasteiger partial charge is 0.116 e. The summed E-state index contributed by atoms with van der Waals surface area (Å²) in [6.07, 6.45) is 11.5. The number of aromatic hydroxyl groups is 1. The van der Waals surface area contributed by atoms with E-state index < -0.39 is 0 Å². The summed E-state index contributed by atoms with van der Waals surface area (Å²) in [6.45, 7) is 4.55. The van der Waals surface area contributed by atoms with Crippen molar-refractivity contribution in [1.29, 1.82) is 0 Å². The van der Waals surface area contributed by atoms with E-state index in [1.807, 2.05) is 12.1 Å². The van der Waals surface area contributed by atoms with Crippen LogP contribution in [0.25, 0.3) is 6.08 Å². The number of fused-ring (bicyclic) bond motifs is 5. The van der Waals surface area contributed by atoms with Crippen molar-refractivity contribution in [3.8, 4) is 17.6 Å². The number of allylic oxidation sites excluding steroid dienone is 3. The van der Waals surface area contributed by atoms with Crippen molar-refractivity contribution in [1.82, 2.24) is 0 Å². The van der Waals surface area contributed by atoms with Gasteiger partial charge in [-0.25, -0.2) is 0 Å². The Kier molecular flexibility index (Phi) is 3.38. The molecule has 1 heteroatoms. The zero-order chi connectivity index (χ0) is 16.0. The Hall–Kier alpha value is -1.94. The number of hydrogen-bond acceptors (Lipinski definition) is 1. The lowest BCUT2D eigenvalue weighted by atomic mass is 9.56. The van der Waals surface area contributed by atoms with Gasteiger partial charge in [0.05, 0.1) is 0 Å². The van der Waals surface area contributed by atoms with Crippen LogP contribution in [0.4, 0.5) is 0 Å². The second kappa shape index (κ2) is 5.31. The van der Waals surface area contributed by atoms with E-state index in [-0.39, 0.29) is 5.41 Å². The fourth-order valence-electron chi connectivity index (χ4n) is 5.04. The molecule has 0 aliphatic heterocycles. The summed E-state index contributed by atoms with van der Waals surface area (Å²) in [6, 6.07) is 5.88. The van der Waals surface area contributed by atoms with Crippen molar-refractivity contribution in [3.05, 3.63) is 47.1 Å². The number of phenolic OH excluding ortho intramolecular Hbond substituents is 1. The van der Waals surface area contributed by atoms with E-state index in [2.05, 4.69) is 50.0 Å². The molecule has 3 aliphatic carbocycles. The van der Waals surface area contributed by atoms with Crippen LogP contribution >= 0.6 is 0 Å². The highest BCUT2D eigenvalue weighted by molar-refractivity contribution is 5.61. The lowest BCUT2D eigenvalue weighted by Gasteiger charge is -2.48. The lowest BCUT2D eigenvalue weighted by Crippen LogP contribution is -2.39. The third kappa shape index (κ3) is 2.16. The van der Waals surface area contributed by atoms with Crippen molar-refractivity contribution in [2.45, 2.75) is 45.4 Å². The summed E-state index contributed by atoms with van der Waals surface area (Å²) in [4.78, 5) is 0. The summed E-state index contributed by atoms with van der Waals surface area (Å²) in [5.41, 5.74) is 4.26. The molecule has 0 aromatic heterocycles. The maximum Gasteiger partial charge on any atom is 0.116 e. The Bertz CT molecular complexity index is 758. The molecule has 1 aromatic rings. The molecule has 4 atom stereocenters. The summed E-state index contributed by atoms with van der Waals surface area (Å²) in [5, 5.41) is 9.74. The van der Waals surface area contributed by atoms with Gasteiger partial charge in [-0.05, 0) is 60.3 Å². The summed E-state index contributed by atoms with van der Waals surface area (Å²) < 4.78 is 0. The summed E-state index contributed by atoms with van der Waals surface area (Å²) >= 11 is 0. The van der Waals surface area contributed by atoms with Crippen LogP contribution in [0.3, 0.4) is 0 Å². The van der Waals surface area contributed by atoms with Crippen LogP contribution in [-0.4, -0.2) is 5.11 Å². The number of rotatable bonds is 0. The molecule has 1 N–H and O–H groups in total. The molecule has 1 nitrogen and oxygen atoms in total. The van der Waals surface area contributed by atoms with E-state index in [1.54, 1.807) is 0 Å². The fourth-order valence-corrected chi connectivity index (χ4v) is 5.04. The maximum absolute atomic E-state index is 9.74. The van der Waals surface area contributed by atoms with Gasteiger partial charge in [0.1, 0.15) is 5.75 Å². The highest BCUT2D eigenvalue weighted by Crippen LogP contribution is 2.60. The van der Waals surface area contributed by atoms with E-state index >= 15 is 0 Å². The van der Waals surface area contributed by atoms with Crippen LogP contribution < -0.4 is 0 Å². The Balaban J connectivity index is 1.68. The molecule has 1 saturated carbocycles. The van der Waals surface area contributed by atoms with Crippen LogP contribution in [-0.2, 0) is 0 Å². The van der Waals surface area contributed by atoms with Gasteiger partial charge in [0.2, 0.25) is 0 Å². The molecule has 0 radical (unpaired) electrons. The maximum atomic E-state index is 9.74. The third-order valence-corrected chi connectivity index (χ3v) is 6.28. The molecular weight excluding hydrogens is 280 g/mol. The van der Waals surface area contributed by atoms with Crippen LogP contribution in [0.15, 0.2) is 35.9 Å². The molecule has 0 spiro atoms. The molecule has 118 valence electrons. The molecule has 0 bridgehead atoms. The average molecular weight is 304 g/mol. The first-order valence-corrected chi connectivity index (χ1v) is 8.84. The van der Waals surface area contributed by atoms with E-state index in [9.17, 15) is 5.11 Å². The van der Waals surface area contributed by atoms with Gasteiger partial charge in [-0.15, -0.1) is 0 Å². The zero-order valence-corrected chi connectivity index (χ0v) is 14.0.